The Labute approximate surface area is 145 Å². The van der Waals surface area contributed by atoms with Crippen molar-refractivity contribution in [3.05, 3.63) is 35.9 Å². The van der Waals surface area contributed by atoms with Gasteiger partial charge in [-0.3, -0.25) is 4.99 Å². The van der Waals surface area contributed by atoms with Crippen LogP contribution in [0.5, 0.6) is 0 Å². The standard InChI is InChI=1S/C18H32N4O2/c1-19-18(20-10-7-11-22(2)12-13-24-3)21-14-17(15-23)16-8-5-4-6-9-16/h4-6,8-9,17,23H,7,10-15H2,1-3H3,(H2,19,20,21). The van der Waals surface area contributed by atoms with Gasteiger partial charge < -0.3 is 25.4 Å². The molecule has 1 aromatic rings. The molecular formula is C18H32N4O2. The first kappa shape index (κ1) is 20.4. The van der Waals surface area contributed by atoms with Crippen molar-refractivity contribution in [2.75, 3.05) is 60.6 Å². The zero-order chi connectivity index (χ0) is 17.6. The van der Waals surface area contributed by atoms with Gasteiger partial charge in [-0.25, -0.2) is 0 Å². The van der Waals surface area contributed by atoms with Gasteiger partial charge in [0.2, 0.25) is 0 Å². The van der Waals surface area contributed by atoms with E-state index in [1.165, 1.54) is 0 Å². The molecule has 3 N–H and O–H groups in total. The smallest absolute Gasteiger partial charge is 0.191 e. The zero-order valence-corrected chi connectivity index (χ0v) is 15.2. The summed E-state index contributed by atoms with van der Waals surface area (Å²) in [7, 11) is 5.58. The molecule has 1 unspecified atom stereocenters. The third kappa shape index (κ3) is 8.29. The minimum Gasteiger partial charge on any atom is -0.396 e. The quantitative estimate of drug-likeness (QED) is 0.318. The highest BCUT2D eigenvalue weighted by atomic mass is 16.5. The number of likely N-dealkylation sites (N-methyl/N-ethyl adjacent to an activating group) is 1. The predicted octanol–water partition coefficient (Wildman–Crippen LogP) is 0.896. The van der Waals surface area contributed by atoms with Crippen LogP contribution in [0.3, 0.4) is 0 Å². The molecule has 0 fully saturated rings. The van der Waals surface area contributed by atoms with Gasteiger partial charge in [0, 0.05) is 39.7 Å². The molecule has 0 spiro atoms. The number of nitrogens with one attached hydrogen (secondary N) is 2. The molecule has 0 heterocycles. The van der Waals surface area contributed by atoms with Crippen LogP contribution < -0.4 is 10.6 Å². The molecule has 0 aliphatic rings. The number of methoxy groups -OCH3 is 1. The van der Waals surface area contributed by atoms with Crippen molar-refractivity contribution < 1.29 is 9.84 Å². The molecule has 1 rings (SSSR count). The van der Waals surface area contributed by atoms with Crippen LogP contribution in [-0.2, 0) is 4.74 Å². The molecule has 0 aliphatic heterocycles. The maximum atomic E-state index is 9.60. The summed E-state index contributed by atoms with van der Waals surface area (Å²) in [6, 6.07) is 10.0. The van der Waals surface area contributed by atoms with Crippen molar-refractivity contribution in [2.45, 2.75) is 12.3 Å². The van der Waals surface area contributed by atoms with Gasteiger partial charge in [-0.1, -0.05) is 30.3 Å². The zero-order valence-electron chi connectivity index (χ0n) is 15.2. The fourth-order valence-corrected chi connectivity index (χ4v) is 2.37. The van der Waals surface area contributed by atoms with Crippen molar-refractivity contribution in [2.24, 2.45) is 4.99 Å². The number of aliphatic hydroxyl groups excluding tert-OH is 1. The Morgan fingerprint density at radius 2 is 2.00 bits per heavy atom. The molecular weight excluding hydrogens is 304 g/mol. The summed E-state index contributed by atoms with van der Waals surface area (Å²) in [6.45, 7) is 4.32. The van der Waals surface area contributed by atoms with E-state index in [1.807, 2.05) is 30.3 Å². The van der Waals surface area contributed by atoms with E-state index in [2.05, 4.69) is 27.6 Å². The van der Waals surface area contributed by atoms with Gasteiger partial charge in [-0.15, -0.1) is 0 Å². The largest absolute Gasteiger partial charge is 0.396 e. The average Bonchev–Trinajstić information content (AvgIpc) is 2.63. The van der Waals surface area contributed by atoms with Crippen molar-refractivity contribution >= 4 is 5.96 Å². The van der Waals surface area contributed by atoms with Crippen LogP contribution in [0.4, 0.5) is 0 Å². The highest BCUT2D eigenvalue weighted by Crippen LogP contribution is 2.13. The Balaban J connectivity index is 2.27. The number of nitrogens with zero attached hydrogens (tertiary/aromatic N) is 2. The van der Waals surface area contributed by atoms with Gasteiger partial charge in [0.15, 0.2) is 5.96 Å². The van der Waals surface area contributed by atoms with E-state index in [-0.39, 0.29) is 12.5 Å². The number of benzene rings is 1. The number of hydrogen-bond donors (Lipinski definition) is 3. The van der Waals surface area contributed by atoms with E-state index in [0.717, 1.165) is 44.2 Å². The highest BCUT2D eigenvalue weighted by molar-refractivity contribution is 5.79. The molecule has 0 aromatic heterocycles. The number of hydrogen-bond acceptors (Lipinski definition) is 4. The molecule has 0 amide bonds. The van der Waals surface area contributed by atoms with Gasteiger partial charge in [-0.2, -0.15) is 0 Å². The second-order valence-corrected chi connectivity index (χ2v) is 5.82. The lowest BCUT2D eigenvalue weighted by Gasteiger charge is -2.19. The minimum absolute atomic E-state index is 0.0601. The van der Waals surface area contributed by atoms with E-state index >= 15 is 0 Å². The van der Waals surface area contributed by atoms with Crippen molar-refractivity contribution in [3.63, 3.8) is 0 Å². The number of aliphatic hydroxyl groups is 1. The van der Waals surface area contributed by atoms with E-state index in [4.69, 9.17) is 4.74 Å². The van der Waals surface area contributed by atoms with Crippen LogP contribution in [0.1, 0.15) is 17.9 Å². The maximum Gasteiger partial charge on any atom is 0.191 e. The fraction of sp³-hybridized carbons (Fsp3) is 0.611. The summed E-state index contributed by atoms with van der Waals surface area (Å²) in [5.41, 5.74) is 1.13. The fourth-order valence-electron chi connectivity index (χ4n) is 2.37. The Morgan fingerprint density at radius 3 is 2.62 bits per heavy atom. The summed E-state index contributed by atoms with van der Waals surface area (Å²) in [6.07, 6.45) is 1.03. The molecule has 24 heavy (non-hydrogen) atoms. The third-order valence-electron chi connectivity index (χ3n) is 3.92. The molecule has 6 nitrogen and oxygen atoms in total. The monoisotopic (exact) mass is 336 g/mol. The molecule has 1 atom stereocenters. The summed E-state index contributed by atoms with van der Waals surface area (Å²) in [4.78, 5) is 6.48. The van der Waals surface area contributed by atoms with Gasteiger partial charge in [-0.05, 0) is 25.6 Å². The summed E-state index contributed by atoms with van der Waals surface area (Å²) in [5, 5.41) is 16.2. The van der Waals surface area contributed by atoms with E-state index in [1.54, 1.807) is 14.2 Å². The molecule has 136 valence electrons. The van der Waals surface area contributed by atoms with Gasteiger partial charge in [0.05, 0.1) is 13.2 Å². The highest BCUT2D eigenvalue weighted by Gasteiger charge is 2.10. The summed E-state index contributed by atoms with van der Waals surface area (Å²) < 4.78 is 5.07. The second-order valence-electron chi connectivity index (χ2n) is 5.82. The van der Waals surface area contributed by atoms with Crippen molar-refractivity contribution in [3.8, 4) is 0 Å². The van der Waals surface area contributed by atoms with Crippen LogP contribution in [0, 0.1) is 0 Å². The number of guanidine groups is 1. The van der Waals surface area contributed by atoms with Crippen molar-refractivity contribution in [1.82, 2.24) is 15.5 Å². The molecule has 0 radical (unpaired) electrons. The minimum atomic E-state index is 0.0601. The van der Waals surface area contributed by atoms with Crippen LogP contribution in [-0.4, -0.2) is 76.6 Å². The van der Waals surface area contributed by atoms with Crippen LogP contribution in [0.15, 0.2) is 35.3 Å². The lowest BCUT2D eigenvalue weighted by Crippen LogP contribution is -2.41. The first-order valence-corrected chi connectivity index (χ1v) is 8.49. The summed E-state index contributed by atoms with van der Waals surface area (Å²) >= 11 is 0. The molecule has 0 aliphatic carbocycles. The Morgan fingerprint density at radius 1 is 1.25 bits per heavy atom. The second kappa shape index (κ2) is 12.8. The average molecular weight is 336 g/mol. The Kier molecular flexibility index (Phi) is 10.8. The third-order valence-corrected chi connectivity index (χ3v) is 3.92. The lowest BCUT2D eigenvalue weighted by atomic mass is 10.0. The summed E-state index contributed by atoms with van der Waals surface area (Å²) in [5.74, 6) is 0.828. The Bertz CT molecular complexity index is 454. The maximum absolute atomic E-state index is 9.60. The lowest BCUT2D eigenvalue weighted by molar-refractivity contribution is 0.161. The van der Waals surface area contributed by atoms with Crippen molar-refractivity contribution in [1.29, 1.82) is 0 Å². The van der Waals surface area contributed by atoms with E-state index in [9.17, 15) is 5.11 Å². The van der Waals surface area contributed by atoms with Gasteiger partial charge in [0.1, 0.15) is 0 Å². The van der Waals surface area contributed by atoms with Gasteiger partial charge in [0.25, 0.3) is 0 Å². The molecule has 6 heteroatoms. The topological polar surface area (TPSA) is 69.1 Å². The number of rotatable bonds is 11. The SMILES string of the molecule is CN=C(NCCCN(C)CCOC)NCC(CO)c1ccccc1. The van der Waals surface area contributed by atoms with Gasteiger partial charge >= 0.3 is 0 Å². The van der Waals surface area contributed by atoms with Crippen LogP contribution >= 0.6 is 0 Å². The first-order chi connectivity index (χ1) is 11.7. The van der Waals surface area contributed by atoms with E-state index < -0.39 is 0 Å². The number of aliphatic imine (C=N–C) groups is 1. The predicted molar refractivity (Wildman–Crippen MR) is 99.6 cm³/mol. The molecule has 1 aromatic carbocycles. The van der Waals surface area contributed by atoms with E-state index in [0.29, 0.717) is 6.54 Å². The van der Waals surface area contributed by atoms with Crippen LogP contribution in [0.2, 0.25) is 0 Å². The normalized spacial score (nSPS) is 13.1. The Hall–Kier alpha value is -1.63. The molecule has 0 saturated carbocycles. The first-order valence-electron chi connectivity index (χ1n) is 8.49. The molecule has 0 saturated heterocycles. The number of ether oxygens (including phenoxy) is 1. The molecule has 0 bridgehead atoms. The van der Waals surface area contributed by atoms with Crippen LogP contribution in [0.25, 0.3) is 0 Å².